The molecule has 21 heavy (non-hydrogen) atoms. The molecular weight excluding hydrogens is 268 g/mol. The van der Waals surface area contributed by atoms with Crippen LogP contribution in [0.5, 0.6) is 0 Å². The molecule has 120 valence electrons. The number of aliphatic hydroxyl groups is 1. The zero-order valence-corrected chi connectivity index (χ0v) is 13.5. The van der Waals surface area contributed by atoms with Crippen LogP contribution in [0.2, 0.25) is 0 Å². The number of aromatic nitrogens is 2. The van der Waals surface area contributed by atoms with Crippen molar-refractivity contribution in [3.8, 4) is 0 Å². The predicted octanol–water partition coefficient (Wildman–Crippen LogP) is 2.38. The Morgan fingerprint density at radius 1 is 1.43 bits per heavy atom. The molecule has 0 spiro atoms. The van der Waals surface area contributed by atoms with E-state index in [1.54, 1.807) is 6.20 Å². The van der Waals surface area contributed by atoms with Crippen molar-refractivity contribution in [3.63, 3.8) is 0 Å². The Bertz CT molecular complexity index is 443. The first kappa shape index (κ1) is 17.5. The van der Waals surface area contributed by atoms with Crippen LogP contribution < -0.4 is 10.6 Å². The lowest BCUT2D eigenvalue weighted by atomic mass is 10.1. The quantitative estimate of drug-likeness (QED) is 0.689. The second-order valence-electron chi connectivity index (χ2n) is 5.65. The van der Waals surface area contributed by atoms with Crippen molar-refractivity contribution in [2.75, 3.05) is 11.9 Å². The molecule has 3 N–H and O–H groups in total. The summed E-state index contributed by atoms with van der Waals surface area (Å²) in [7, 11) is 0. The van der Waals surface area contributed by atoms with Gasteiger partial charge in [0.05, 0.1) is 17.6 Å². The van der Waals surface area contributed by atoms with E-state index in [-0.39, 0.29) is 18.7 Å². The minimum absolute atomic E-state index is 0.00853. The molecule has 2 amide bonds. The molecule has 0 fully saturated rings. The molecule has 0 aliphatic heterocycles. The smallest absolute Gasteiger partial charge is 0.319 e. The topological polar surface area (TPSA) is 79.2 Å². The molecule has 6 nitrogen and oxygen atoms in total. The molecule has 1 aromatic heterocycles. The van der Waals surface area contributed by atoms with E-state index in [0.717, 1.165) is 30.8 Å². The van der Waals surface area contributed by atoms with Crippen LogP contribution in [-0.2, 0) is 13.0 Å². The van der Waals surface area contributed by atoms with Gasteiger partial charge in [-0.3, -0.25) is 4.68 Å². The lowest BCUT2D eigenvalue weighted by Gasteiger charge is -2.16. The molecule has 1 rings (SSSR count). The highest BCUT2D eigenvalue weighted by molar-refractivity contribution is 5.89. The first-order valence-electron chi connectivity index (χ1n) is 7.74. The van der Waals surface area contributed by atoms with Crippen molar-refractivity contribution in [2.45, 2.75) is 59.5 Å². The Morgan fingerprint density at radius 2 is 2.14 bits per heavy atom. The fourth-order valence-electron chi connectivity index (χ4n) is 2.27. The number of urea groups is 1. The van der Waals surface area contributed by atoms with Crippen LogP contribution in [0.1, 0.15) is 46.2 Å². The molecule has 6 heteroatoms. The fourth-order valence-corrected chi connectivity index (χ4v) is 2.27. The largest absolute Gasteiger partial charge is 0.396 e. The van der Waals surface area contributed by atoms with Crippen LogP contribution in [0.25, 0.3) is 0 Å². The lowest BCUT2D eigenvalue weighted by Crippen LogP contribution is -2.38. The Kier molecular flexibility index (Phi) is 7.22. The van der Waals surface area contributed by atoms with E-state index in [4.69, 9.17) is 5.11 Å². The highest BCUT2D eigenvalue weighted by Gasteiger charge is 2.14. The van der Waals surface area contributed by atoms with Gasteiger partial charge in [-0.1, -0.05) is 27.7 Å². The van der Waals surface area contributed by atoms with Crippen LogP contribution in [0, 0.1) is 5.92 Å². The van der Waals surface area contributed by atoms with E-state index in [1.165, 1.54) is 0 Å². The van der Waals surface area contributed by atoms with Crippen LogP contribution in [0.15, 0.2) is 6.20 Å². The SMILES string of the molecule is CCc1c(NC(=O)NC(CC)CCO)cnn1CC(C)C. The van der Waals surface area contributed by atoms with Gasteiger partial charge in [0.15, 0.2) is 0 Å². The van der Waals surface area contributed by atoms with E-state index in [1.807, 2.05) is 11.6 Å². The van der Waals surface area contributed by atoms with E-state index >= 15 is 0 Å². The van der Waals surface area contributed by atoms with E-state index < -0.39 is 0 Å². The molecule has 1 atom stereocenters. The van der Waals surface area contributed by atoms with Crippen molar-refractivity contribution in [2.24, 2.45) is 5.92 Å². The molecule has 0 saturated heterocycles. The highest BCUT2D eigenvalue weighted by Crippen LogP contribution is 2.17. The van der Waals surface area contributed by atoms with Gasteiger partial charge >= 0.3 is 6.03 Å². The van der Waals surface area contributed by atoms with Crippen molar-refractivity contribution in [1.29, 1.82) is 0 Å². The second-order valence-corrected chi connectivity index (χ2v) is 5.65. The zero-order valence-electron chi connectivity index (χ0n) is 13.5. The number of carbonyl (C=O) groups excluding carboxylic acids is 1. The molecule has 1 unspecified atom stereocenters. The van der Waals surface area contributed by atoms with Gasteiger partial charge in [0.2, 0.25) is 0 Å². The summed E-state index contributed by atoms with van der Waals surface area (Å²) in [5.74, 6) is 0.505. The molecule has 0 saturated carbocycles. The third-order valence-corrected chi connectivity index (χ3v) is 3.38. The standard InChI is InChI=1S/C15H28N4O2/c1-5-12(7-8-20)17-15(21)18-13-9-16-19(10-11(3)4)14(13)6-2/h9,11-12,20H,5-8,10H2,1-4H3,(H2,17,18,21). The van der Waals surface area contributed by atoms with Crippen LogP contribution in [0.3, 0.4) is 0 Å². The summed E-state index contributed by atoms with van der Waals surface area (Å²) in [6.45, 7) is 9.24. The Morgan fingerprint density at radius 3 is 2.67 bits per heavy atom. The molecule has 1 heterocycles. The van der Waals surface area contributed by atoms with Crippen molar-refractivity contribution in [1.82, 2.24) is 15.1 Å². The molecule has 0 aliphatic rings. The summed E-state index contributed by atoms with van der Waals surface area (Å²) in [6.07, 6.45) is 3.88. The molecule has 0 bridgehead atoms. The molecule has 0 aromatic carbocycles. The van der Waals surface area contributed by atoms with Gasteiger partial charge in [-0.2, -0.15) is 5.10 Å². The molecule has 1 aromatic rings. The average Bonchev–Trinajstić information content (AvgIpc) is 2.79. The lowest BCUT2D eigenvalue weighted by molar-refractivity contribution is 0.237. The minimum atomic E-state index is -0.242. The zero-order chi connectivity index (χ0) is 15.8. The van der Waals surface area contributed by atoms with Crippen LogP contribution >= 0.6 is 0 Å². The maximum absolute atomic E-state index is 12.0. The molecular formula is C15H28N4O2. The van der Waals surface area contributed by atoms with Crippen LogP contribution in [0.4, 0.5) is 10.5 Å². The number of carbonyl (C=O) groups is 1. The van der Waals surface area contributed by atoms with Gasteiger partial charge in [-0.15, -0.1) is 0 Å². The first-order valence-corrected chi connectivity index (χ1v) is 7.74. The number of amides is 2. The monoisotopic (exact) mass is 296 g/mol. The van der Waals surface area contributed by atoms with Crippen molar-refractivity contribution in [3.05, 3.63) is 11.9 Å². The van der Waals surface area contributed by atoms with Crippen molar-refractivity contribution >= 4 is 11.7 Å². The van der Waals surface area contributed by atoms with E-state index in [0.29, 0.717) is 12.3 Å². The maximum Gasteiger partial charge on any atom is 0.319 e. The molecule has 0 aliphatic carbocycles. The second kappa shape index (κ2) is 8.67. The van der Waals surface area contributed by atoms with Gasteiger partial charge in [-0.05, 0) is 25.2 Å². The van der Waals surface area contributed by atoms with Gasteiger partial charge < -0.3 is 15.7 Å². The number of nitrogens with one attached hydrogen (secondary N) is 2. The van der Waals surface area contributed by atoms with E-state index in [9.17, 15) is 4.79 Å². The van der Waals surface area contributed by atoms with Gasteiger partial charge in [0.1, 0.15) is 0 Å². The average molecular weight is 296 g/mol. The normalized spacial score (nSPS) is 12.5. The van der Waals surface area contributed by atoms with Crippen molar-refractivity contribution < 1.29 is 9.90 Å². The third kappa shape index (κ3) is 5.38. The summed E-state index contributed by atoms with van der Waals surface area (Å²) in [4.78, 5) is 12.0. The number of nitrogens with zero attached hydrogens (tertiary/aromatic N) is 2. The van der Waals surface area contributed by atoms with Gasteiger partial charge in [0, 0.05) is 19.2 Å². The van der Waals surface area contributed by atoms with Gasteiger partial charge in [0.25, 0.3) is 0 Å². The minimum Gasteiger partial charge on any atom is -0.396 e. The summed E-state index contributed by atoms with van der Waals surface area (Å²) < 4.78 is 1.95. The highest BCUT2D eigenvalue weighted by atomic mass is 16.3. The number of anilines is 1. The van der Waals surface area contributed by atoms with Gasteiger partial charge in [-0.25, -0.2) is 4.79 Å². The Labute approximate surface area is 126 Å². The van der Waals surface area contributed by atoms with E-state index in [2.05, 4.69) is 36.5 Å². The summed E-state index contributed by atoms with van der Waals surface area (Å²) in [5, 5.41) is 19.0. The molecule has 0 radical (unpaired) electrons. The summed E-state index contributed by atoms with van der Waals surface area (Å²) in [6, 6.07) is -0.250. The fraction of sp³-hybridized carbons (Fsp3) is 0.733. The number of hydrogen-bond donors (Lipinski definition) is 3. The summed E-state index contributed by atoms with van der Waals surface area (Å²) in [5.41, 5.74) is 1.79. The Hall–Kier alpha value is -1.56. The number of hydrogen-bond acceptors (Lipinski definition) is 3. The third-order valence-electron chi connectivity index (χ3n) is 3.38. The predicted molar refractivity (Wildman–Crippen MR) is 84.4 cm³/mol. The van der Waals surface area contributed by atoms with Crippen LogP contribution in [-0.4, -0.2) is 33.6 Å². The number of rotatable bonds is 8. The Balaban J connectivity index is 2.69. The maximum atomic E-state index is 12.0. The number of aliphatic hydroxyl groups excluding tert-OH is 1. The summed E-state index contributed by atoms with van der Waals surface area (Å²) >= 11 is 0. The first-order chi connectivity index (χ1) is 10.0.